The van der Waals surface area contributed by atoms with Gasteiger partial charge in [0.2, 0.25) is 0 Å². The van der Waals surface area contributed by atoms with Crippen LogP contribution < -0.4 is 14.8 Å². The van der Waals surface area contributed by atoms with Gasteiger partial charge in [0, 0.05) is 24.2 Å². The first-order valence-electron chi connectivity index (χ1n) is 7.35. The molecule has 0 unspecified atom stereocenters. The van der Waals surface area contributed by atoms with Gasteiger partial charge in [0.1, 0.15) is 0 Å². The summed E-state index contributed by atoms with van der Waals surface area (Å²) < 4.78 is 32.1. The van der Waals surface area contributed by atoms with E-state index in [-0.39, 0.29) is 10.1 Å². The minimum absolute atomic E-state index is 0.105. The summed E-state index contributed by atoms with van der Waals surface area (Å²) in [7, 11) is -3.81. The van der Waals surface area contributed by atoms with Gasteiger partial charge in [-0.25, -0.2) is 8.42 Å². The summed E-state index contributed by atoms with van der Waals surface area (Å²) in [6.07, 6.45) is 0. The second kappa shape index (κ2) is 6.98. The van der Waals surface area contributed by atoms with Crippen molar-refractivity contribution >= 4 is 43.6 Å². The number of rotatable bonds is 3. The maximum Gasteiger partial charge on any atom is 0.263 e. The zero-order valence-electron chi connectivity index (χ0n) is 12.9. The quantitative estimate of drug-likeness (QED) is 0.431. The zero-order chi connectivity index (χ0) is 17.2. The topological polar surface area (TPSA) is 109 Å². The van der Waals surface area contributed by atoms with Gasteiger partial charge in [-0.2, -0.15) is 0 Å². The number of benzene rings is 2. The highest BCUT2D eigenvalue weighted by Crippen LogP contribution is 2.29. The maximum atomic E-state index is 12.3. The lowest BCUT2D eigenvalue weighted by Crippen LogP contribution is -2.36. The van der Waals surface area contributed by atoms with E-state index >= 15 is 0 Å². The summed E-state index contributed by atoms with van der Waals surface area (Å²) in [5.41, 5.74) is 1.07. The lowest BCUT2D eigenvalue weighted by atomic mass is 10.1. The monoisotopic (exact) mass is 366 g/mol. The third kappa shape index (κ3) is 3.48. The Morgan fingerprint density at radius 1 is 1.25 bits per heavy atom. The molecule has 0 spiro atoms. The minimum Gasteiger partial charge on any atom is -0.378 e. The average molecular weight is 366 g/mol. The van der Waals surface area contributed by atoms with Gasteiger partial charge in [-0.3, -0.25) is 15.3 Å². The van der Waals surface area contributed by atoms with Crippen LogP contribution in [0.2, 0.25) is 0 Å². The van der Waals surface area contributed by atoms with Crippen LogP contribution in [0, 0.1) is 5.41 Å². The van der Waals surface area contributed by atoms with Crippen LogP contribution in [0.3, 0.4) is 0 Å². The molecule has 128 valence electrons. The normalized spacial score (nSPS) is 15.5. The van der Waals surface area contributed by atoms with Crippen LogP contribution in [0.4, 0.5) is 5.69 Å². The van der Waals surface area contributed by atoms with Crippen molar-refractivity contribution in [3.8, 4) is 0 Å². The predicted octanol–water partition coefficient (Wildman–Crippen LogP) is 1.50. The molecule has 9 heteroatoms. The molecular formula is C15H18N4O3S2. The first-order chi connectivity index (χ1) is 11.5. The fourth-order valence-electron chi connectivity index (χ4n) is 2.70. The highest BCUT2D eigenvalue weighted by molar-refractivity contribution is 8.13. The standard InChI is InChI=1S/C15H18N4O3S2/c16-15(23-17)18-24(20,21)12-4-5-13-11(10-12)2-1-3-14(13)19-6-8-22-9-7-19/h1-5,10H,6-9,17H2,(H2,16,18). The van der Waals surface area contributed by atoms with Crippen LogP contribution >= 0.6 is 11.9 Å². The van der Waals surface area contributed by atoms with E-state index < -0.39 is 10.0 Å². The van der Waals surface area contributed by atoms with Gasteiger partial charge in [0.05, 0.1) is 18.1 Å². The van der Waals surface area contributed by atoms with Gasteiger partial charge in [0.15, 0.2) is 5.17 Å². The van der Waals surface area contributed by atoms with Crippen LogP contribution in [0.5, 0.6) is 0 Å². The number of sulfonamides is 1. The fourth-order valence-corrected chi connectivity index (χ4v) is 4.11. The summed E-state index contributed by atoms with van der Waals surface area (Å²) in [6, 6.07) is 10.8. The molecule has 7 nitrogen and oxygen atoms in total. The third-order valence-electron chi connectivity index (χ3n) is 3.84. The van der Waals surface area contributed by atoms with Crippen molar-refractivity contribution < 1.29 is 13.2 Å². The summed E-state index contributed by atoms with van der Waals surface area (Å²) in [5.74, 6) is 0. The molecule has 0 saturated carbocycles. The van der Waals surface area contributed by atoms with E-state index in [4.69, 9.17) is 15.3 Å². The SMILES string of the molecule is N=C(NS(=O)(=O)c1ccc2c(N3CCOCC3)cccc2c1)SN. The lowest BCUT2D eigenvalue weighted by Gasteiger charge is -2.30. The van der Waals surface area contributed by atoms with E-state index in [1.165, 1.54) is 0 Å². The summed E-state index contributed by atoms with van der Waals surface area (Å²) >= 11 is 0.546. The Morgan fingerprint density at radius 3 is 2.71 bits per heavy atom. The van der Waals surface area contributed by atoms with E-state index in [0.29, 0.717) is 25.2 Å². The van der Waals surface area contributed by atoms with Crippen molar-refractivity contribution in [3.63, 3.8) is 0 Å². The second-order valence-electron chi connectivity index (χ2n) is 5.31. The molecule has 1 heterocycles. The molecular weight excluding hydrogens is 348 g/mol. The summed E-state index contributed by atoms with van der Waals surface area (Å²) in [6.45, 7) is 2.99. The first-order valence-corrected chi connectivity index (χ1v) is 9.71. The molecule has 0 aromatic heterocycles. The number of nitrogens with one attached hydrogen (secondary N) is 2. The Morgan fingerprint density at radius 2 is 2.00 bits per heavy atom. The molecule has 1 aliphatic rings. The number of hydrogen-bond acceptors (Lipinski definition) is 7. The van der Waals surface area contributed by atoms with Crippen molar-refractivity contribution in [1.29, 1.82) is 5.41 Å². The smallest absolute Gasteiger partial charge is 0.263 e. The van der Waals surface area contributed by atoms with Crippen molar-refractivity contribution in [3.05, 3.63) is 36.4 Å². The zero-order valence-corrected chi connectivity index (χ0v) is 14.5. The van der Waals surface area contributed by atoms with Crippen molar-refractivity contribution in [2.45, 2.75) is 4.90 Å². The molecule has 1 saturated heterocycles. The molecule has 1 fully saturated rings. The number of ether oxygens (including phenoxy) is 1. The van der Waals surface area contributed by atoms with Gasteiger partial charge in [-0.1, -0.05) is 18.2 Å². The number of amidine groups is 1. The predicted molar refractivity (Wildman–Crippen MR) is 96.8 cm³/mol. The fraction of sp³-hybridized carbons (Fsp3) is 0.267. The number of nitrogens with two attached hydrogens (primary N) is 1. The molecule has 2 aromatic rings. The number of hydrogen-bond donors (Lipinski definition) is 3. The van der Waals surface area contributed by atoms with Gasteiger partial charge < -0.3 is 9.64 Å². The van der Waals surface area contributed by atoms with Crippen LogP contribution in [0.25, 0.3) is 10.8 Å². The molecule has 0 aliphatic carbocycles. The lowest BCUT2D eigenvalue weighted by molar-refractivity contribution is 0.123. The summed E-state index contributed by atoms with van der Waals surface area (Å²) in [5, 5.41) is 14.1. The number of nitrogens with zero attached hydrogens (tertiary/aromatic N) is 1. The van der Waals surface area contributed by atoms with Crippen molar-refractivity contribution in [2.75, 3.05) is 31.2 Å². The van der Waals surface area contributed by atoms with Crippen LogP contribution in [-0.2, 0) is 14.8 Å². The van der Waals surface area contributed by atoms with E-state index in [9.17, 15) is 8.42 Å². The van der Waals surface area contributed by atoms with E-state index in [1.807, 2.05) is 18.2 Å². The van der Waals surface area contributed by atoms with Gasteiger partial charge >= 0.3 is 0 Å². The molecule has 24 heavy (non-hydrogen) atoms. The highest BCUT2D eigenvalue weighted by Gasteiger charge is 2.18. The van der Waals surface area contributed by atoms with Crippen LogP contribution in [-0.4, -0.2) is 39.9 Å². The molecule has 0 bridgehead atoms. The maximum absolute atomic E-state index is 12.3. The average Bonchev–Trinajstić information content (AvgIpc) is 2.61. The molecule has 0 amide bonds. The molecule has 3 rings (SSSR count). The molecule has 0 atom stereocenters. The van der Waals surface area contributed by atoms with E-state index in [0.717, 1.165) is 29.5 Å². The largest absolute Gasteiger partial charge is 0.378 e. The Balaban J connectivity index is 1.99. The van der Waals surface area contributed by atoms with Crippen LogP contribution in [0.15, 0.2) is 41.3 Å². The Hall–Kier alpha value is -1.81. The van der Waals surface area contributed by atoms with Gasteiger partial charge in [-0.15, -0.1) is 0 Å². The second-order valence-corrected chi connectivity index (χ2v) is 7.64. The van der Waals surface area contributed by atoms with Gasteiger partial charge in [-0.05, 0) is 35.5 Å². The first kappa shape index (κ1) is 17.0. The summed E-state index contributed by atoms with van der Waals surface area (Å²) in [4.78, 5) is 2.34. The van der Waals surface area contributed by atoms with Gasteiger partial charge in [0.25, 0.3) is 10.0 Å². The van der Waals surface area contributed by atoms with E-state index in [2.05, 4.69) is 9.62 Å². The molecule has 2 aromatic carbocycles. The number of fused-ring (bicyclic) bond motifs is 1. The highest BCUT2D eigenvalue weighted by atomic mass is 32.2. The molecule has 0 radical (unpaired) electrons. The number of morpholine rings is 1. The minimum atomic E-state index is -3.81. The Kier molecular flexibility index (Phi) is 4.95. The number of anilines is 1. The Labute approximate surface area is 144 Å². The molecule has 4 N–H and O–H groups in total. The van der Waals surface area contributed by atoms with Crippen molar-refractivity contribution in [1.82, 2.24) is 4.72 Å². The van der Waals surface area contributed by atoms with E-state index in [1.54, 1.807) is 18.2 Å². The van der Waals surface area contributed by atoms with Crippen molar-refractivity contribution in [2.24, 2.45) is 5.14 Å². The third-order valence-corrected chi connectivity index (χ3v) is 5.65. The Bertz CT molecular complexity index is 864. The van der Waals surface area contributed by atoms with Crippen LogP contribution in [0.1, 0.15) is 0 Å². The molecule has 1 aliphatic heterocycles.